The zero-order valence-corrected chi connectivity index (χ0v) is 9.81. The number of nitrogen functional groups attached to an aromatic ring is 1. The third-order valence-electron chi connectivity index (χ3n) is 3.32. The van der Waals surface area contributed by atoms with E-state index in [4.69, 9.17) is 5.73 Å². The van der Waals surface area contributed by atoms with Crippen molar-refractivity contribution in [1.29, 1.82) is 0 Å². The predicted octanol–water partition coefficient (Wildman–Crippen LogP) is 2.00. The molecule has 0 aromatic heterocycles. The van der Waals surface area contributed by atoms with Gasteiger partial charge in [-0.05, 0) is 30.4 Å². The lowest BCUT2D eigenvalue weighted by atomic mass is 10.1. The maximum atomic E-state index is 12.1. The average molecular weight is 218 g/mol. The molecule has 2 N–H and O–H groups in total. The van der Waals surface area contributed by atoms with E-state index in [0.29, 0.717) is 17.2 Å². The first-order valence-electron chi connectivity index (χ1n) is 5.69. The van der Waals surface area contributed by atoms with Crippen LogP contribution >= 0.6 is 0 Å². The number of rotatable bonds is 3. The van der Waals surface area contributed by atoms with Gasteiger partial charge in [0.25, 0.3) is 5.91 Å². The highest BCUT2D eigenvalue weighted by molar-refractivity contribution is 5.98. The summed E-state index contributed by atoms with van der Waals surface area (Å²) >= 11 is 0. The first kappa shape index (κ1) is 11.0. The molecule has 0 radical (unpaired) electrons. The maximum Gasteiger partial charge on any atom is 0.255 e. The van der Waals surface area contributed by atoms with Crippen molar-refractivity contribution in [1.82, 2.24) is 4.90 Å². The second-order valence-electron chi connectivity index (χ2n) is 4.75. The number of nitrogens with two attached hydrogens (primary N) is 1. The lowest BCUT2D eigenvalue weighted by Crippen LogP contribution is -2.29. The van der Waals surface area contributed by atoms with E-state index in [0.717, 1.165) is 12.5 Å². The summed E-state index contributed by atoms with van der Waals surface area (Å²) in [5.41, 5.74) is 6.95. The molecule has 2 atom stereocenters. The van der Waals surface area contributed by atoms with Crippen LogP contribution in [0.15, 0.2) is 24.3 Å². The summed E-state index contributed by atoms with van der Waals surface area (Å²) in [5.74, 6) is 1.47. The van der Waals surface area contributed by atoms with E-state index in [2.05, 4.69) is 6.92 Å². The van der Waals surface area contributed by atoms with Gasteiger partial charge in [0.05, 0.1) is 5.56 Å². The summed E-state index contributed by atoms with van der Waals surface area (Å²) in [7, 11) is 1.85. The first-order valence-corrected chi connectivity index (χ1v) is 5.69. The molecule has 1 aliphatic carbocycles. The highest BCUT2D eigenvalue weighted by Crippen LogP contribution is 2.38. The van der Waals surface area contributed by atoms with Crippen LogP contribution in [-0.2, 0) is 0 Å². The molecule has 1 aromatic carbocycles. The van der Waals surface area contributed by atoms with E-state index in [1.807, 2.05) is 19.2 Å². The normalized spacial score (nSPS) is 22.9. The molecule has 1 fully saturated rings. The number of para-hydroxylation sites is 1. The Kier molecular flexibility index (Phi) is 2.86. The minimum absolute atomic E-state index is 0.0252. The van der Waals surface area contributed by atoms with E-state index in [1.54, 1.807) is 17.0 Å². The van der Waals surface area contributed by atoms with Gasteiger partial charge in [-0.25, -0.2) is 0 Å². The molecular weight excluding hydrogens is 200 g/mol. The van der Waals surface area contributed by atoms with Gasteiger partial charge in [0, 0.05) is 19.3 Å². The van der Waals surface area contributed by atoms with Crippen molar-refractivity contribution in [3.05, 3.63) is 29.8 Å². The standard InChI is InChI=1S/C13H18N2O/c1-9-7-10(9)8-15(2)13(16)11-5-3-4-6-12(11)14/h3-6,9-10H,7-8,14H2,1-2H3. The zero-order valence-electron chi connectivity index (χ0n) is 9.81. The van der Waals surface area contributed by atoms with Crippen molar-refractivity contribution in [3.63, 3.8) is 0 Å². The highest BCUT2D eigenvalue weighted by Gasteiger charge is 2.34. The molecule has 0 bridgehead atoms. The molecule has 0 heterocycles. The molecular formula is C13H18N2O. The Labute approximate surface area is 96.2 Å². The fourth-order valence-electron chi connectivity index (χ4n) is 1.99. The van der Waals surface area contributed by atoms with Crippen LogP contribution in [0.1, 0.15) is 23.7 Å². The fourth-order valence-corrected chi connectivity index (χ4v) is 1.99. The second kappa shape index (κ2) is 4.16. The Bertz CT molecular complexity index is 403. The Hall–Kier alpha value is -1.51. The topological polar surface area (TPSA) is 46.3 Å². The highest BCUT2D eigenvalue weighted by atomic mass is 16.2. The van der Waals surface area contributed by atoms with Gasteiger partial charge in [-0.3, -0.25) is 4.79 Å². The molecule has 3 nitrogen and oxygen atoms in total. The number of nitrogens with zero attached hydrogens (tertiary/aromatic N) is 1. The van der Waals surface area contributed by atoms with Crippen LogP contribution in [0.2, 0.25) is 0 Å². The molecule has 1 aliphatic rings. The SMILES string of the molecule is CC1CC1CN(C)C(=O)c1ccccc1N. The fraction of sp³-hybridized carbons (Fsp3) is 0.462. The summed E-state index contributed by atoms with van der Waals surface area (Å²) in [6.45, 7) is 3.06. The van der Waals surface area contributed by atoms with E-state index in [9.17, 15) is 4.79 Å². The minimum atomic E-state index is 0.0252. The molecule has 0 saturated heterocycles. The van der Waals surface area contributed by atoms with Gasteiger partial charge in [-0.15, -0.1) is 0 Å². The van der Waals surface area contributed by atoms with Gasteiger partial charge in [-0.2, -0.15) is 0 Å². The van der Waals surface area contributed by atoms with Crippen LogP contribution < -0.4 is 5.73 Å². The van der Waals surface area contributed by atoms with Gasteiger partial charge >= 0.3 is 0 Å². The van der Waals surface area contributed by atoms with Crippen molar-refractivity contribution >= 4 is 11.6 Å². The molecule has 1 amide bonds. The summed E-state index contributed by atoms with van der Waals surface area (Å²) < 4.78 is 0. The second-order valence-corrected chi connectivity index (χ2v) is 4.75. The number of amides is 1. The molecule has 0 spiro atoms. The first-order chi connectivity index (χ1) is 7.59. The van der Waals surface area contributed by atoms with Crippen molar-refractivity contribution in [2.75, 3.05) is 19.3 Å². The number of carbonyl (C=O) groups excluding carboxylic acids is 1. The predicted molar refractivity (Wildman–Crippen MR) is 65.1 cm³/mol. The molecule has 86 valence electrons. The number of hydrogen-bond donors (Lipinski definition) is 1. The van der Waals surface area contributed by atoms with E-state index >= 15 is 0 Å². The van der Waals surface area contributed by atoms with Gasteiger partial charge in [0.1, 0.15) is 0 Å². The molecule has 3 heteroatoms. The lowest BCUT2D eigenvalue weighted by molar-refractivity contribution is 0.0788. The van der Waals surface area contributed by atoms with Crippen LogP contribution in [0.5, 0.6) is 0 Å². The van der Waals surface area contributed by atoms with Gasteiger partial charge in [-0.1, -0.05) is 19.1 Å². The number of anilines is 1. The van der Waals surface area contributed by atoms with Crippen molar-refractivity contribution in [2.45, 2.75) is 13.3 Å². The van der Waals surface area contributed by atoms with E-state index in [1.165, 1.54) is 6.42 Å². The van der Waals surface area contributed by atoms with Gasteiger partial charge in [0.2, 0.25) is 0 Å². The third-order valence-corrected chi connectivity index (χ3v) is 3.32. The molecule has 1 saturated carbocycles. The molecule has 2 rings (SSSR count). The zero-order chi connectivity index (χ0) is 11.7. The minimum Gasteiger partial charge on any atom is -0.398 e. The molecule has 2 unspecified atom stereocenters. The number of benzene rings is 1. The largest absolute Gasteiger partial charge is 0.398 e. The summed E-state index contributed by atoms with van der Waals surface area (Å²) in [5, 5.41) is 0. The summed E-state index contributed by atoms with van der Waals surface area (Å²) in [6.07, 6.45) is 1.24. The Balaban J connectivity index is 2.04. The van der Waals surface area contributed by atoms with Gasteiger partial charge < -0.3 is 10.6 Å². The Morgan fingerprint density at radius 2 is 2.12 bits per heavy atom. The number of hydrogen-bond acceptors (Lipinski definition) is 2. The van der Waals surface area contributed by atoms with Gasteiger partial charge in [0.15, 0.2) is 0 Å². The summed E-state index contributed by atoms with van der Waals surface area (Å²) in [4.78, 5) is 13.9. The molecule has 16 heavy (non-hydrogen) atoms. The van der Waals surface area contributed by atoms with Crippen LogP contribution in [-0.4, -0.2) is 24.4 Å². The van der Waals surface area contributed by atoms with Crippen LogP contribution in [0, 0.1) is 11.8 Å². The quantitative estimate of drug-likeness (QED) is 0.789. The van der Waals surface area contributed by atoms with Crippen molar-refractivity contribution in [3.8, 4) is 0 Å². The van der Waals surface area contributed by atoms with Crippen LogP contribution in [0.25, 0.3) is 0 Å². The molecule has 0 aliphatic heterocycles. The number of carbonyl (C=O) groups is 1. The smallest absolute Gasteiger partial charge is 0.255 e. The van der Waals surface area contributed by atoms with Crippen LogP contribution in [0.3, 0.4) is 0 Å². The third kappa shape index (κ3) is 2.18. The summed E-state index contributed by atoms with van der Waals surface area (Å²) in [6, 6.07) is 7.23. The monoisotopic (exact) mass is 218 g/mol. The molecule has 1 aromatic rings. The van der Waals surface area contributed by atoms with Crippen molar-refractivity contribution < 1.29 is 4.79 Å². The van der Waals surface area contributed by atoms with E-state index in [-0.39, 0.29) is 5.91 Å². The lowest BCUT2D eigenvalue weighted by Gasteiger charge is -2.18. The maximum absolute atomic E-state index is 12.1. The Morgan fingerprint density at radius 3 is 2.69 bits per heavy atom. The average Bonchev–Trinajstić information content (AvgIpc) is 2.94. The van der Waals surface area contributed by atoms with Crippen LogP contribution in [0.4, 0.5) is 5.69 Å². The van der Waals surface area contributed by atoms with Crippen molar-refractivity contribution in [2.24, 2.45) is 11.8 Å². The Morgan fingerprint density at radius 1 is 1.50 bits per heavy atom. The van der Waals surface area contributed by atoms with E-state index < -0.39 is 0 Å².